The Labute approximate surface area is 719 Å². The summed E-state index contributed by atoms with van der Waals surface area (Å²) in [4.78, 5) is 26.2. The van der Waals surface area contributed by atoms with Gasteiger partial charge in [0.15, 0.2) is 0 Å². The van der Waals surface area contributed by atoms with Crippen molar-refractivity contribution >= 4 is 162 Å². The molecule has 0 spiro atoms. The number of nitrogens with two attached hydrogens (primary N) is 3. The van der Waals surface area contributed by atoms with E-state index in [1.54, 1.807) is 164 Å². The largest absolute Gasteiger partial charge is 1.00 e. The van der Waals surface area contributed by atoms with Crippen molar-refractivity contribution in [2.24, 2.45) is 11.5 Å². The fourth-order valence-electron chi connectivity index (χ4n) is 10.9. The Kier molecular flexibility index (Phi) is 38.3. The molecule has 4 aliphatic rings. The molecule has 599 valence electrons. The van der Waals surface area contributed by atoms with E-state index < -0.39 is 55.2 Å². The van der Waals surface area contributed by atoms with Crippen molar-refractivity contribution in [2.45, 2.75) is 39.2 Å². The monoisotopic (exact) mass is 1840 g/mol. The van der Waals surface area contributed by atoms with Gasteiger partial charge in [-0.3, -0.25) is 0 Å². The Morgan fingerprint density at radius 3 is 1.17 bits per heavy atom. The minimum Gasteiger partial charge on any atom is -0.537 e. The molecule has 1 aromatic heterocycles. The van der Waals surface area contributed by atoms with Crippen molar-refractivity contribution in [3.05, 3.63) is 245 Å². The number of morpholine rings is 4. The van der Waals surface area contributed by atoms with Gasteiger partial charge in [-0.1, -0.05) is 163 Å². The van der Waals surface area contributed by atoms with Gasteiger partial charge >= 0.3 is 43.2 Å². The van der Waals surface area contributed by atoms with Crippen LogP contribution in [0.3, 0.4) is 0 Å². The molecular formula is C76H80BBr2ClN8NaO18S7. The number of carboxylic acid groups (broad SMARTS) is 1. The first-order chi connectivity index (χ1) is 54.1. The summed E-state index contributed by atoms with van der Waals surface area (Å²) in [6.07, 6.45) is 1.59. The van der Waals surface area contributed by atoms with E-state index in [9.17, 15) is 52.0 Å². The molecule has 4 saturated heterocycles. The third-order valence-corrected chi connectivity index (χ3v) is 25.7. The molecule has 0 bridgehead atoms. The van der Waals surface area contributed by atoms with Gasteiger partial charge in [0.25, 0.3) is 9.05 Å². The molecule has 0 amide bonds. The molecular weight excluding hydrogens is 1770 g/mol. The topological polar surface area (TPSA) is 378 Å². The number of thiocarbonyl (C=S) groups is 1. The molecule has 1 radical (unpaired) electrons. The van der Waals surface area contributed by atoms with Crippen LogP contribution in [0.15, 0.2) is 279 Å². The normalized spacial score (nSPS) is 14.2. The van der Waals surface area contributed by atoms with E-state index >= 15 is 0 Å². The summed E-state index contributed by atoms with van der Waals surface area (Å²) >= 11 is 12.5. The molecule has 0 aliphatic carbocycles. The van der Waals surface area contributed by atoms with E-state index in [1.807, 2.05) is 29.2 Å². The number of carboxylic acids is 1. The number of sulfone groups is 3. The Morgan fingerprint density at radius 1 is 0.509 bits per heavy atom. The molecule has 4 aliphatic heterocycles. The second-order valence-corrected chi connectivity index (χ2v) is 36.9. The molecule has 8 N–H and O–H groups in total. The number of carbonyl (C=O) groups is 1. The van der Waals surface area contributed by atoms with E-state index in [0.29, 0.717) is 121 Å². The summed E-state index contributed by atoms with van der Waals surface area (Å²) in [5.41, 5.74) is 19.7. The average molecular weight is 1850 g/mol. The summed E-state index contributed by atoms with van der Waals surface area (Å²) in [5.74, 6) is -0.548. The molecule has 114 heavy (non-hydrogen) atoms. The first kappa shape index (κ1) is 93.8. The van der Waals surface area contributed by atoms with Crippen LogP contribution in [-0.2, 0) is 76.6 Å². The number of ether oxygens (including phenoxy) is 4. The van der Waals surface area contributed by atoms with Crippen LogP contribution in [0.4, 0.5) is 27.8 Å². The van der Waals surface area contributed by atoms with Crippen LogP contribution < -0.4 is 71.0 Å². The van der Waals surface area contributed by atoms with Gasteiger partial charge in [-0.2, -0.15) is 0 Å². The number of nitrogens with zero attached hydrogens (tertiary/aromatic N) is 5. The molecule has 4 fully saturated rings. The van der Waals surface area contributed by atoms with Crippen LogP contribution in [0.2, 0.25) is 0 Å². The quantitative estimate of drug-likeness (QED) is 0.0246. The van der Waals surface area contributed by atoms with Crippen LogP contribution in [0.5, 0.6) is 5.75 Å². The molecule has 0 saturated carbocycles. The standard InChI is InChI=1S/C19H19N3O3S2.C17H17NO5S.C16H16BrNO3S.C10H12BBrNO3.C6H5ClO2S.C6H5O2S.C2H6N2S.Na/c20-18-13-21-19(26-18)14-10-15(22-6-8-25-9-7-22)12-17(11-14)27(23,24)16-4-2-1-3-5-16;19-17(20)13-10-14(18-6-8-23-9-7-18)12-16(11-13)24(21,22)15-4-2-1-3-5-15;17-13-10-14(18-6-8-21-9-7-18)12-16(11-13)22(19,20)15-4-2-1-3-5-15;12-8-5-9(7-10(6-8)16-11-14)13-1-3-15-4-2-13;7-10(8,9)6-4-2-1-3-5-6;7-9(8)6-4-2-1-3-5-6;3-1-2(4)5;/h1-5,10-13H,6-9,20H2;1-5,10-12H,6-9H2,(H,19,20);1-5,10-12H,6-9H2;5-7,14H,1-4H2;1-5H;1-5H;1,3H2,(H2,4,5);/q;;;;;-1;;+1. The molecule has 0 unspecified atom stereocenters. The number of thiazole rings is 1. The smallest absolute Gasteiger partial charge is 0.537 e. The van der Waals surface area contributed by atoms with E-state index in [2.05, 4.69) is 63.8 Å². The summed E-state index contributed by atoms with van der Waals surface area (Å²) in [5, 5.41) is 19.2. The molecule has 38 heteroatoms. The Hall–Kier alpha value is -7.41. The van der Waals surface area contributed by atoms with Crippen molar-refractivity contribution in [1.29, 1.82) is 0 Å². The van der Waals surface area contributed by atoms with Crippen LogP contribution in [0.1, 0.15) is 10.4 Å². The molecule has 5 heterocycles. The number of nitrogen functional groups attached to an aromatic ring is 1. The molecule has 10 aromatic rings. The molecule has 9 aromatic carbocycles. The van der Waals surface area contributed by atoms with E-state index in [-0.39, 0.29) is 59.6 Å². The third kappa shape index (κ3) is 29.0. The maximum absolute atomic E-state index is 13.2. The van der Waals surface area contributed by atoms with Crippen molar-refractivity contribution in [2.75, 3.05) is 137 Å². The second kappa shape index (κ2) is 46.5. The van der Waals surface area contributed by atoms with Crippen molar-refractivity contribution in [3.63, 3.8) is 0 Å². The van der Waals surface area contributed by atoms with Crippen molar-refractivity contribution in [3.8, 4) is 16.3 Å². The summed E-state index contributed by atoms with van der Waals surface area (Å²) in [6, 6.07) is 61.7. The van der Waals surface area contributed by atoms with E-state index in [4.69, 9.17) is 56.5 Å². The number of aromatic carboxylic acids is 1. The van der Waals surface area contributed by atoms with Gasteiger partial charge in [-0.05, 0) is 126 Å². The Bertz CT molecular complexity index is 5300. The Balaban J connectivity index is 0.000000193. The number of halogens is 3. The van der Waals surface area contributed by atoms with Crippen molar-refractivity contribution < 1.29 is 110 Å². The number of aromatic nitrogens is 1. The fraction of sp³-hybridized carbons (Fsp3) is 0.224. The first-order valence-electron chi connectivity index (χ1n) is 34.4. The Morgan fingerprint density at radius 2 is 0.842 bits per heavy atom. The molecule has 26 nitrogen and oxygen atoms in total. The van der Waals surface area contributed by atoms with Gasteiger partial charge in [0.2, 0.25) is 29.5 Å². The van der Waals surface area contributed by atoms with E-state index in [1.165, 1.54) is 53.8 Å². The van der Waals surface area contributed by atoms with Crippen LogP contribution in [0, 0.1) is 0 Å². The number of hydrogen-bond donors (Lipinski definition) is 5. The zero-order valence-corrected chi connectivity index (χ0v) is 73.1. The predicted molar refractivity (Wildman–Crippen MR) is 449 cm³/mol. The zero-order valence-electron chi connectivity index (χ0n) is 61.4. The number of rotatable bonds is 17. The predicted octanol–water partition coefficient (Wildman–Crippen LogP) is 8.63. The summed E-state index contributed by atoms with van der Waals surface area (Å²) in [7, 11) is -10.8. The minimum atomic E-state index is -3.78. The summed E-state index contributed by atoms with van der Waals surface area (Å²) < 4.78 is 147. The second-order valence-electron chi connectivity index (χ2n) is 24.1. The zero-order chi connectivity index (χ0) is 81.6. The van der Waals surface area contributed by atoms with Gasteiger partial charge in [-0.15, -0.1) is 0 Å². The maximum atomic E-state index is 13.2. The van der Waals surface area contributed by atoms with Crippen LogP contribution in [-0.4, -0.2) is 179 Å². The van der Waals surface area contributed by atoms with Gasteiger partial charge in [0.05, 0.1) is 104 Å². The van der Waals surface area contributed by atoms with Gasteiger partial charge in [-0.25, -0.2) is 43.4 Å². The van der Waals surface area contributed by atoms with Gasteiger partial charge < -0.3 is 79.0 Å². The first-order valence-corrected chi connectivity index (χ1v) is 45.0. The van der Waals surface area contributed by atoms with Gasteiger partial charge in [0.1, 0.15) is 15.8 Å². The van der Waals surface area contributed by atoms with Gasteiger partial charge in [0, 0.05) is 113 Å². The third-order valence-electron chi connectivity index (χ3n) is 16.5. The average Bonchev–Trinajstić information content (AvgIpc) is 1.28. The molecule has 0 atom stereocenters. The minimum absolute atomic E-state index is 0. The number of benzene rings is 9. The van der Waals surface area contributed by atoms with Crippen LogP contribution in [0.25, 0.3) is 10.6 Å². The number of hydrogen-bond acceptors (Lipinski definition) is 27. The van der Waals surface area contributed by atoms with Crippen LogP contribution >= 0.6 is 66.1 Å². The van der Waals surface area contributed by atoms with E-state index in [0.717, 1.165) is 71.0 Å². The van der Waals surface area contributed by atoms with Crippen molar-refractivity contribution in [1.82, 2.24) is 4.98 Å². The fourth-order valence-corrected chi connectivity index (χ4v) is 17.8. The SMILES string of the molecule is NCC(N)=S.Nc1cnc(-c2cc(N3CCOCC3)cc(S(=O)(=O)c3ccccc3)c2)s1.O=C(O)c1cc(N2CCOCC2)cc(S(=O)(=O)c2ccccc2)c1.O=S(=O)(Cl)c1ccccc1.O=S(=O)(c1ccccc1)c1cc(Br)cc(N2CCOCC2)c1.O=[S-](=O)c1ccccc1.O[B]Oc1cc(Br)cc(N2CCOCC2)c1.[Na+]. The summed E-state index contributed by atoms with van der Waals surface area (Å²) in [6.45, 7) is 11.3. The molecule has 14 rings (SSSR count). The maximum Gasteiger partial charge on any atom is 1.00 e. The number of anilines is 5.